The zero-order valence-electron chi connectivity index (χ0n) is 11.7. The highest BCUT2D eigenvalue weighted by molar-refractivity contribution is 5.82. The van der Waals surface area contributed by atoms with E-state index in [2.05, 4.69) is 12.2 Å². The molecule has 0 saturated carbocycles. The van der Waals surface area contributed by atoms with E-state index in [1.165, 1.54) is 7.11 Å². The topological polar surface area (TPSA) is 78.9 Å². The minimum absolute atomic E-state index is 0.227. The summed E-state index contributed by atoms with van der Waals surface area (Å²) in [7, 11) is 1.51. The van der Waals surface area contributed by atoms with Gasteiger partial charge in [0, 0.05) is 32.7 Å². The molecule has 0 aliphatic carbocycles. The van der Waals surface area contributed by atoms with Crippen LogP contribution in [0.25, 0.3) is 0 Å². The quantitative estimate of drug-likeness (QED) is 0.767. The molecule has 1 fully saturated rings. The van der Waals surface area contributed by atoms with Crippen LogP contribution in [0.3, 0.4) is 0 Å². The van der Waals surface area contributed by atoms with Crippen molar-refractivity contribution in [2.45, 2.75) is 51.1 Å². The molecule has 1 rings (SSSR count). The van der Waals surface area contributed by atoms with Crippen molar-refractivity contribution >= 4 is 12.0 Å². The first-order valence-corrected chi connectivity index (χ1v) is 6.89. The normalized spacial score (nSPS) is 20.9. The van der Waals surface area contributed by atoms with Gasteiger partial charge in [-0.1, -0.05) is 6.92 Å². The van der Waals surface area contributed by atoms with Gasteiger partial charge < -0.3 is 20.1 Å². The van der Waals surface area contributed by atoms with E-state index in [9.17, 15) is 9.59 Å². The van der Waals surface area contributed by atoms with Gasteiger partial charge in [-0.05, 0) is 25.7 Å². The Balaban J connectivity index is 2.56. The van der Waals surface area contributed by atoms with Crippen LogP contribution >= 0.6 is 0 Å². The Bertz CT molecular complexity index is 309. The molecule has 1 aliphatic heterocycles. The minimum Gasteiger partial charge on any atom is -0.480 e. The lowest BCUT2D eigenvalue weighted by atomic mass is 10.0. The van der Waals surface area contributed by atoms with Gasteiger partial charge in [0.2, 0.25) is 0 Å². The van der Waals surface area contributed by atoms with Crippen LogP contribution in [-0.4, -0.2) is 54.4 Å². The van der Waals surface area contributed by atoms with Crippen molar-refractivity contribution in [2.75, 3.05) is 20.3 Å². The number of carboxylic acid groups (broad SMARTS) is 1. The first kappa shape index (κ1) is 15.8. The minimum atomic E-state index is -1.02. The van der Waals surface area contributed by atoms with E-state index in [1.807, 2.05) is 0 Å². The van der Waals surface area contributed by atoms with Gasteiger partial charge in [-0.2, -0.15) is 0 Å². The number of amides is 2. The average Bonchev–Trinajstić information content (AvgIpc) is 2.42. The number of aliphatic carboxylic acids is 1. The maximum Gasteiger partial charge on any atom is 0.326 e. The Morgan fingerprint density at radius 1 is 1.47 bits per heavy atom. The number of hydrogen-bond acceptors (Lipinski definition) is 3. The molecule has 0 aromatic heterocycles. The third kappa shape index (κ3) is 4.70. The summed E-state index contributed by atoms with van der Waals surface area (Å²) < 4.78 is 4.86. The molecule has 6 heteroatoms. The van der Waals surface area contributed by atoms with E-state index in [0.29, 0.717) is 13.2 Å². The van der Waals surface area contributed by atoms with Crippen molar-refractivity contribution in [2.24, 2.45) is 0 Å². The van der Waals surface area contributed by atoms with Crippen molar-refractivity contribution in [1.29, 1.82) is 0 Å². The molecule has 1 heterocycles. The number of ether oxygens (including phenoxy) is 1. The number of hydrogen-bond donors (Lipinski definition) is 2. The van der Waals surface area contributed by atoms with E-state index in [1.54, 1.807) is 4.90 Å². The van der Waals surface area contributed by atoms with Gasteiger partial charge in [-0.3, -0.25) is 0 Å². The average molecular weight is 272 g/mol. The van der Waals surface area contributed by atoms with Gasteiger partial charge in [0.1, 0.15) is 6.04 Å². The van der Waals surface area contributed by atoms with Gasteiger partial charge in [-0.25, -0.2) is 9.59 Å². The molecule has 0 radical (unpaired) electrons. The summed E-state index contributed by atoms with van der Waals surface area (Å²) in [6, 6.07) is -0.924. The SMILES string of the molecule is CCC1CCCCN1C(=O)NC(CCOC)C(=O)O. The fourth-order valence-corrected chi connectivity index (χ4v) is 2.42. The van der Waals surface area contributed by atoms with Crippen LogP contribution in [0.1, 0.15) is 39.0 Å². The molecule has 0 spiro atoms. The monoisotopic (exact) mass is 272 g/mol. The Morgan fingerprint density at radius 2 is 2.21 bits per heavy atom. The fourth-order valence-electron chi connectivity index (χ4n) is 2.42. The molecule has 1 saturated heterocycles. The molecule has 6 nitrogen and oxygen atoms in total. The number of piperidine rings is 1. The Hall–Kier alpha value is -1.30. The van der Waals surface area contributed by atoms with Gasteiger partial charge in [0.25, 0.3) is 0 Å². The third-order valence-corrected chi connectivity index (χ3v) is 3.57. The Morgan fingerprint density at radius 3 is 2.79 bits per heavy atom. The molecule has 2 N–H and O–H groups in total. The molecule has 2 amide bonds. The van der Waals surface area contributed by atoms with Gasteiger partial charge in [0.15, 0.2) is 0 Å². The van der Waals surface area contributed by atoms with Crippen molar-refractivity contribution in [3.8, 4) is 0 Å². The number of carbonyl (C=O) groups excluding carboxylic acids is 1. The maximum atomic E-state index is 12.2. The standard InChI is InChI=1S/C13H24N2O4/c1-3-10-6-4-5-8-15(10)13(18)14-11(12(16)17)7-9-19-2/h10-11H,3-9H2,1-2H3,(H,14,18)(H,16,17). The summed E-state index contributed by atoms with van der Waals surface area (Å²) >= 11 is 0. The van der Waals surface area contributed by atoms with Crippen molar-refractivity contribution in [1.82, 2.24) is 10.2 Å². The zero-order chi connectivity index (χ0) is 14.3. The van der Waals surface area contributed by atoms with Gasteiger partial charge in [-0.15, -0.1) is 0 Å². The van der Waals surface area contributed by atoms with E-state index in [-0.39, 0.29) is 18.5 Å². The lowest BCUT2D eigenvalue weighted by molar-refractivity contribution is -0.139. The molecule has 110 valence electrons. The Kier molecular flexibility index (Phi) is 6.62. The maximum absolute atomic E-state index is 12.2. The van der Waals surface area contributed by atoms with Crippen LogP contribution in [0, 0.1) is 0 Å². The van der Waals surface area contributed by atoms with Crippen LogP contribution in [0.5, 0.6) is 0 Å². The van der Waals surface area contributed by atoms with Crippen LogP contribution in [-0.2, 0) is 9.53 Å². The van der Waals surface area contributed by atoms with Crippen molar-refractivity contribution in [3.63, 3.8) is 0 Å². The highest BCUT2D eigenvalue weighted by Gasteiger charge is 2.28. The second-order valence-electron chi connectivity index (χ2n) is 4.87. The van der Waals surface area contributed by atoms with Crippen LogP contribution in [0.4, 0.5) is 4.79 Å². The smallest absolute Gasteiger partial charge is 0.326 e. The third-order valence-electron chi connectivity index (χ3n) is 3.57. The molecule has 19 heavy (non-hydrogen) atoms. The lowest BCUT2D eigenvalue weighted by Gasteiger charge is -2.35. The fraction of sp³-hybridized carbons (Fsp3) is 0.846. The summed E-state index contributed by atoms with van der Waals surface area (Å²) in [6.07, 6.45) is 4.30. The summed E-state index contributed by atoms with van der Waals surface area (Å²) in [5, 5.41) is 11.7. The molecule has 2 unspecified atom stereocenters. The summed E-state index contributed by atoms with van der Waals surface area (Å²) in [6.45, 7) is 3.07. The molecule has 1 aliphatic rings. The van der Waals surface area contributed by atoms with Gasteiger partial charge >= 0.3 is 12.0 Å². The number of rotatable bonds is 6. The molecular formula is C13H24N2O4. The number of carbonyl (C=O) groups is 2. The first-order chi connectivity index (χ1) is 9.10. The predicted octanol–water partition coefficient (Wildman–Crippen LogP) is 1.45. The van der Waals surface area contributed by atoms with Crippen molar-refractivity contribution in [3.05, 3.63) is 0 Å². The van der Waals surface area contributed by atoms with E-state index in [0.717, 1.165) is 25.7 Å². The number of nitrogens with one attached hydrogen (secondary N) is 1. The van der Waals surface area contributed by atoms with Gasteiger partial charge in [0.05, 0.1) is 0 Å². The molecule has 0 aromatic rings. The van der Waals surface area contributed by atoms with E-state index in [4.69, 9.17) is 9.84 Å². The first-order valence-electron chi connectivity index (χ1n) is 6.89. The highest BCUT2D eigenvalue weighted by atomic mass is 16.5. The molecule has 2 atom stereocenters. The van der Waals surface area contributed by atoms with Crippen LogP contribution < -0.4 is 5.32 Å². The second kappa shape index (κ2) is 7.99. The molecule has 0 bridgehead atoms. The Labute approximate surface area is 114 Å². The highest BCUT2D eigenvalue weighted by Crippen LogP contribution is 2.19. The van der Waals surface area contributed by atoms with Crippen LogP contribution in [0.2, 0.25) is 0 Å². The molecule has 0 aromatic carbocycles. The summed E-state index contributed by atoms with van der Waals surface area (Å²) in [4.78, 5) is 25.0. The van der Waals surface area contributed by atoms with E-state index >= 15 is 0 Å². The van der Waals surface area contributed by atoms with E-state index < -0.39 is 12.0 Å². The number of likely N-dealkylation sites (tertiary alicyclic amines) is 1. The number of urea groups is 1. The number of carboxylic acids is 1. The molecular weight excluding hydrogens is 248 g/mol. The number of methoxy groups -OCH3 is 1. The number of nitrogens with zero attached hydrogens (tertiary/aromatic N) is 1. The zero-order valence-corrected chi connectivity index (χ0v) is 11.7. The van der Waals surface area contributed by atoms with Crippen LogP contribution in [0.15, 0.2) is 0 Å². The van der Waals surface area contributed by atoms with Crippen molar-refractivity contribution < 1.29 is 19.4 Å². The largest absolute Gasteiger partial charge is 0.480 e. The second-order valence-corrected chi connectivity index (χ2v) is 4.87. The summed E-state index contributed by atoms with van der Waals surface area (Å²) in [5.74, 6) is -1.02. The summed E-state index contributed by atoms with van der Waals surface area (Å²) in [5.41, 5.74) is 0. The predicted molar refractivity (Wildman–Crippen MR) is 71.1 cm³/mol. The lowest BCUT2D eigenvalue weighted by Crippen LogP contribution is -2.53.